The molecule has 43 heavy (non-hydrogen) atoms. The highest BCUT2D eigenvalue weighted by molar-refractivity contribution is 6.09. The summed E-state index contributed by atoms with van der Waals surface area (Å²) in [6.07, 6.45) is 0. The Bertz CT molecular complexity index is 2490. The van der Waals surface area contributed by atoms with Gasteiger partial charge in [0.25, 0.3) is 0 Å². The van der Waals surface area contributed by atoms with E-state index in [1.165, 1.54) is 38.6 Å². The molecule has 4 nitrogen and oxygen atoms in total. The molecule has 1 aliphatic carbocycles. The molecule has 0 saturated heterocycles. The largest absolute Gasteiger partial charge is 0.278 e. The first kappa shape index (κ1) is 24.0. The summed E-state index contributed by atoms with van der Waals surface area (Å²) >= 11 is 0. The average molecular weight is 551 g/mol. The average Bonchev–Trinajstić information content (AvgIpc) is 3.65. The van der Waals surface area contributed by atoms with Crippen LogP contribution in [0.2, 0.25) is 0 Å². The first-order valence-corrected chi connectivity index (χ1v) is 14.6. The van der Waals surface area contributed by atoms with Gasteiger partial charge in [0.2, 0.25) is 5.78 Å². The molecule has 0 radical (unpaired) electrons. The molecule has 0 atom stereocenters. The van der Waals surface area contributed by atoms with Crippen molar-refractivity contribution in [3.63, 3.8) is 0 Å². The summed E-state index contributed by atoms with van der Waals surface area (Å²) in [7, 11) is 0. The summed E-state index contributed by atoms with van der Waals surface area (Å²) < 4.78 is 4.61. The third-order valence-electron chi connectivity index (χ3n) is 9.32. The molecule has 8 aromatic rings. The Labute approximate surface area is 248 Å². The normalized spacial score (nSPS) is 13.5. The molecule has 4 heteroatoms. The van der Waals surface area contributed by atoms with E-state index in [2.05, 4.69) is 143 Å². The quantitative estimate of drug-likeness (QED) is 0.197. The zero-order valence-electron chi connectivity index (χ0n) is 23.8. The van der Waals surface area contributed by atoms with Gasteiger partial charge >= 0.3 is 0 Å². The van der Waals surface area contributed by atoms with Crippen LogP contribution in [0.25, 0.3) is 71.4 Å². The molecule has 6 aromatic carbocycles. The summed E-state index contributed by atoms with van der Waals surface area (Å²) in [6.45, 7) is 12.0. The van der Waals surface area contributed by atoms with E-state index >= 15 is 0 Å². The van der Waals surface area contributed by atoms with Crippen molar-refractivity contribution >= 4 is 44.3 Å². The maximum Gasteiger partial charge on any atom is 0.220 e. The minimum absolute atomic E-state index is 0.183. The van der Waals surface area contributed by atoms with Crippen molar-refractivity contribution in [2.45, 2.75) is 19.3 Å². The smallest absolute Gasteiger partial charge is 0.220 e. The molecule has 2 heterocycles. The lowest BCUT2D eigenvalue weighted by atomic mass is 9.81. The second-order valence-corrected chi connectivity index (χ2v) is 12.0. The molecular formula is C39H26N4. The maximum absolute atomic E-state index is 7.51. The van der Waals surface area contributed by atoms with Gasteiger partial charge in [-0.2, -0.15) is 0 Å². The number of para-hydroxylation sites is 1. The van der Waals surface area contributed by atoms with E-state index in [1.54, 1.807) is 0 Å². The van der Waals surface area contributed by atoms with E-state index in [4.69, 9.17) is 11.6 Å². The second-order valence-electron chi connectivity index (χ2n) is 12.0. The number of fused-ring (bicyclic) bond motifs is 10. The summed E-state index contributed by atoms with van der Waals surface area (Å²) in [6, 6.07) is 43.1. The minimum Gasteiger partial charge on any atom is -0.278 e. The van der Waals surface area contributed by atoms with E-state index in [1.807, 2.05) is 6.07 Å². The molecule has 202 valence electrons. The topological polar surface area (TPSA) is 26.6 Å². The summed E-state index contributed by atoms with van der Waals surface area (Å²) in [5.74, 6) is 0.908. The van der Waals surface area contributed by atoms with E-state index in [9.17, 15) is 0 Å². The minimum atomic E-state index is -0.183. The van der Waals surface area contributed by atoms with Gasteiger partial charge in [-0.15, -0.1) is 0 Å². The Balaban J connectivity index is 1.30. The van der Waals surface area contributed by atoms with E-state index < -0.39 is 0 Å². The SMILES string of the molecule is [C-]#[N+]c1ccc2c(c1)C(C)(C)c1cc(-c3ccc4nc5n(-c6ccccc6)c6ccc7ccccc7c6n5c4c3)ccc1-2. The van der Waals surface area contributed by atoms with Crippen molar-refractivity contribution in [3.8, 4) is 27.9 Å². The molecule has 0 saturated carbocycles. The lowest BCUT2D eigenvalue weighted by molar-refractivity contribution is 0.661. The molecule has 0 aliphatic heterocycles. The first-order chi connectivity index (χ1) is 21.0. The lowest BCUT2D eigenvalue weighted by Crippen LogP contribution is -2.14. The Morgan fingerprint density at radius 3 is 2.23 bits per heavy atom. The van der Waals surface area contributed by atoms with Gasteiger partial charge in [0.15, 0.2) is 5.69 Å². The fourth-order valence-electron chi connectivity index (χ4n) is 7.19. The zero-order valence-corrected chi connectivity index (χ0v) is 23.8. The van der Waals surface area contributed by atoms with Crippen LogP contribution in [0.4, 0.5) is 5.69 Å². The highest BCUT2D eigenvalue weighted by Gasteiger charge is 2.35. The van der Waals surface area contributed by atoms with Gasteiger partial charge < -0.3 is 0 Å². The third-order valence-corrected chi connectivity index (χ3v) is 9.32. The van der Waals surface area contributed by atoms with Crippen LogP contribution in [0.1, 0.15) is 25.0 Å². The second kappa shape index (κ2) is 8.44. The molecule has 0 bridgehead atoms. The van der Waals surface area contributed by atoms with Crippen LogP contribution in [0, 0.1) is 6.57 Å². The third kappa shape index (κ3) is 3.22. The molecule has 1 aliphatic rings. The van der Waals surface area contributed by atoms with Gasteiger partial charge in [-0.05, 0) is 75.2 Å². The van der Waals surface area contributed by atoms with Crippen molar-refractivity contribution in [2.24, 2.45) is 0 Å². The predicted octanol–water partition coefficient (Wildman–Crippen LogP) is 10.1. The Morgan fingerprint density at radius 1 is 0.674 bits per heavy atom. The van der Waals surface area contributed by atoms with Crippen molar-refractivity contribution in [1.29, 1.82) is 0 Å². The van der Waals surface area contributed by atoms with E-state index in [0.717, 1.165) is 39.1 Å². The Hall–Kier alpha value is -5.66. The maximum atomic E-state index is 7.51. The van der Waals surface area contributed by atoms with Crippen molar-refractivity contribution < 1.29 is 0 Å². The molecule has 0 spiro atoms. The van der Waals surface area contributed by atoms with Gasteiger partial charge in [-0.25, -0.2) is 9.83 Å². The van der Waals surface area contributed by atoms with Gasteiger partial charge in [0.1, 0.15) is 0 Å². The van der Waals surface area contributed by atoms with Crippen molar-refractivity contribution in [3.05, 3.63) is 144 Å². The van der Waals surface area contributed by atoms with Crippen LogP contribution in [0.3, 0.4) is 0 Å². The standard InChI is InChI=1S/C39H26N4/c1-39(2)32-21-25(13-17-30(32)31-18-16-27(40-3)23-33(31)39)26-14-19-34-36(22-26)43-37-29-12-8-7-9-24(29)15-20-35(37)42(38(43)41-34)28-10-5-4-6-11-28/h4-23H,1-2H3. The molecule has 0 unspecified atom stereocenters. The number of hydrogen-bond acceptors (Lipinski definition) is 1. The van der Waals surface area contributed by atoms with Crippen LogP contribution in [0.5, 0.6) is 0 Å². The van der Waals surface area contributed by atoms with Crippen LogP contribution in [-0.2, 0) is 5.41 Å². The van der Waals surface area contributed by atoms with Crippen LogP contribution < -0.4 is 0 Å². The summed E-state index contributed by atoms with van der Waals surface area (Å²) in [5.41, 5.74) is 13.3. The number of benzene rings is 6. The molecular weight excluding hydrogens is 524 g/mol. The molecule has 0 amide bonds. The number of rotatable bonds is 2. The molecule has 2 aromatic heterocycles. The van der Waals surface area contributed by atoms with Gasteiger partial charge in [-0.3, -0.25) is 8.97 Å². The number of imidazole rings is 2. The van der Waals surface area contributed by atoms with Crippen LogP contribution in [0.15, 0.2) is 121 Å². The number of hydrogen-bond donors (Lipinski definition) is 0. The highest BCUT2D eigenvalue weighted by Crippen LogP contribution is 2.50. The zero-order chi connectivity index (χ0) is 28.9. The Morgan fingerprint density at radius 2 is 1.40 bits per heavy atom. The van der Waals surface area contributed by atoms with Gasteiger partial charge in [0.05, 0.1) is 28.6 Å². The lowest BCUT2D eigenvalue weighted by Gasteiger charge is -2.22. The van der Waals surface area contributed by atoms with Crippen molar-refractivity contribution in [2.75, 3.05) is 0 Å². The highest BCUT2D eigenvalue weighted by atomic mass is 15.2. The molecule has 0 N–H and O–H groups in total. The summed E-state index contributed by atoms with van der Waals surface area (Å²) in [4.78, 5) is 8.89. The van der Waals surface area contributed by atoms with Crippen LogP contribution in [-0.4, -0.2) is 14.0 Å². The predicted molar refractivity (Wildman–Crippen MR) is 176 cm³/mol. The molecule has 9 rings (SSSR count). The van der Waals surface area contributed by atoms with E-state index in [-0.39, 0.29) is 5.41 Å². The van der Waals surface area contributed by atoms with Gasteiger partial charge in [0, 0.05) is 16.5 Å². The van der Waals surface area contributed by atoms with E-state index in [0.29, 0.717) is 5.69 Å². The van der Waals surface area contributed by atoms with Crippen molar-refractivity contribution in [1.82, 2.24) is 14.0 Å². The molecule has 0 fully saturated rings. The first-order valence-electron chi connectivity index (χ1n) is 14.6. The number of nitrogens with zero attached hydrogens (tertiary/aromatic N) is 4. The fourth-order valence-corrected chi connectivity index (χ4v) is 7.19. The number of aromatic nitrogens is 3. The summed E-state index contributed by atoms with van der Waals surface area (Å²) in [5, 5.41) is 2.42. The monoisotopic (exact) mass is 550 g/mol. The van der Waals surface area contributed by atoms with Crippen LogP contribution >= 0.6 is 0 Å². The Kier molecular flexibility index (Phi) is 4.71. The fraction of sp³-hybridized carbons (Fsp3) is 0.0769. The van der Waals surface area contributed by atoms with Gasteiger partial charge in [-0.1, -0.05) is 98.8 Å².